The zero-order valence-corrected chi connectivity index (χ0v) is 13.6. The lowest BCUT2D eigenvalue weighted by Crippen LogP contribution is -2.36. The van der Waals surface area contributed by atoms with E-state index in [2.05, 4.69) is 0 Å². The maximum absolute atomic E-state index is 12.7. The molecule has 3 rings (SSSR count). The fourth-order valence-corrected chi connectivity index (χ4v) is 4.07. The minimum atomic E-state index is -0.546. The first kappa shape index (κ1) is 15.3. The van der Waals surface area contributed by atoms with Crippen molar-refractivity contribution in [2.45, 2.75) is 57.3 Å². The number of hydrogen-bond acceptors (Lipinski definition) is 2. The van der Waals surface area contributed by atoms with E-state index >= 15 is 0 Å². The Hall–Kier alpha value is -1.64. The largest absolute Gasteiger partial charge is 0.314 e. The molecular formula is C19H25NO2. The lowest BCUT2D eigenvalue weighted by Gasteiger charge is -2.25. The SMILES string of the molecule is CN1C(=O)C(C)(CCC(=O)C2CCCCC2)c2ccccc21. The Labute approximate surface area is 132 Å². The molecule has 1 saturated carbocycles. The zero-order chi connectivity index (χ0) is 15.7. The van der Waals surface area contributed by atoms with E-state index in [1.165, 1.54) is 19.3 Å². The van der Waals surface area contributed by atoms with Gasteiger partial charge in [0.05, 0.1) is 5.41 Å². The molecule has 0 saturated heterocycles. The van der Waals surface area contributed by atoms with Gasteiger partial charge in [0.15, 0.2) is 0 Å². The van der Waals surface area contributed by atoms with Crippen LogP contribution in [0.3, 0.4) is 0 Å². The smallest absolute Gasteiger partial charge is 0.237 e. The number of nitrogens with zero attached hydrogens (tertiary/aromatic N) is 1. The topological polar surface area (TPSA) is 37.4 Å². The van der Waals surface area contributed by atoms with Crippen LogP contribution in [-0.4, -0.2) is 18.7 Å². The van der Waals surface area contributed by atoms with E-state index in [9.17, 15) is 9.59 Å². The predicted molar refractivity (Wildman–Crippen MR) is 88.0 cm³/mol. The highest BCUT2D eigenvalue weighted by Crippen LogP contribution is 2.44. The number of Topliss-reactive ketones (excluding diaryl/α,β-unsaturated/α-hetero) is 1. The Balaban J connectivity index is 1.74. The maximum atomic E-state index is 12.7. The van der Waals surface area contributed by atoms with Crippen molar-refractivity contribution in [1.29, 1.82) is 0 Å². The average molecular weight is 299 g/mol. The molecule has 1 aliphatic carbocycles. The summed E-state index contributed by atoms with van der Waals surface area (Å²) in [6.45, 7) is 1.99. The highest BCUT2D eigenvalue weighted by Gasteiger charge is 2.45. The van der Waals surface area contributed by atoms with Crippen molar-refractivity contribution in [3.63, 3.8) is 0 Å². The fraction of sp³-hybridized carbons (Fsp3) is 0.579. The van der Waals surface area contributed by atoms with Crippen molar-refractivity contribution in [3.05, 3.63) is 29.8 Å². The molecule has 118 valence electrons. The number of hydrogen-bond donors (Lipinski definition) is 0. The van der Waals surface area contributed by atoms with Crippen molar-refractivity contribution in [3.8, 4) is 0 Å². The summed E-state index contributed by atoms with van der Waals surface area (Å²) in [5, 5.41) is 0. The molecule has 1 aliphatic heterocycles. The van der Waals surface area contributed by atoms with Gasteiger partial charge in [0.25, 0.3) is 0 Å². The number of carbonyl (C=O) groups excluding carboxylic acids is 2. The second kappa shape index (κ2) is 5.86. The quantitative estimate of drug-likeness (QED) is 0.847. The van der Waals surface area contributed by atoms with Gasteiger partial charge in [-0.3, -0.25) is 9.59 Å². The first-order chi connectivity index (χ1) is 10.5. The summed E-state index contributed by atoms with van der Waals surface area (Å²) in [6.07, 6.45) is 6.85. The van der Waals surface area contributed by atoms with Crippen LogP contribution >= 0.6 is 0 Å². The monoisotopic (exact) mass is 299 g/mol. The molecule has 0 N–H and O–H groups in total. The van der Waals surface area contributed by atoms with Crippen molar-refractivity contribution < 1.29 is 9.59 Å². The molecule has 0 spiro atoms. The number of fused-ring (bicyclic) bond motifs is 1. The average Bonchev–Trinajstić information content (AvgIpc) is 2.76. The van der Waals surface area contributed by atoms with Crippen LogP contribution in [0.4, 0.5) is 5.69 Å². The zero-order valence-electron chi connectivity index (χ0n) is 13.6. The first-order valence-electron chi connectivity index (χ1n) is 8.44. The van der Waals surface area contributed by atoms with E-state index in [0.717, 1.165) is 24.1 Å². The molecule has 1 atom stereocenters. The number of likely N-dealkylation sites (N-methyl/N-ethyl adjacent to an activating group) is 1. The van der Waals surface area contributed by atoms with Crippen molar-refractivity contribution in [1.82, 2.24) is 0 Å². The van der Waals surface area contributed by atoms with Gasteiger partial charge in [0.2, 0.25) is 5.91 Å². The van der Waals surface area contributed by atoms with Crippen LogP contribution in [0.15, 0.2) is 24.3 Å². The Bertz CT molecular complexity index is 589. The van der Waals surface area contributed by atoms with E-state index < -0.39 is 5.41 Å². The molecule has 1 amide bonds. The summed E-state index contributed by atoms with van der Waals surface area (Å²) < 4.78 is 0. The van der Waals surface area contributed by atoms with Crippen LogP contribution in [0, 0.1) is 5.92 Å². The summed E-state index contributed by atoms with van der Waals surface area (Å²) >= 11 is 0. The molecule has 3 heteroatoms. The minimum absolute atomic E-state index is 0.116. The highest BCUT2D eigenvalue weighted by molar-refractivity contribution is 6.07. The van der Waals surface area contributed by atoms with Gasteiger partial charge in [0, 0.05) is 25.1 Å². The third-order valence-electron chi connectivity index (χ3n) is 5.57. The first-order valence-corrected chi connectivity index (χ1v) is 8.44. The van der Waals surface area contributed by atoms with Gasteiger partial charge in [-0.15, -0.1) is 0 Å². The standard InChI is InChI=1S/C19H25NO2/c1-19(13-12-17(21)14-8-4-3-5-9-14)15-10-6-7-11-16(15)20(2)18(19)22/h6-7,10-11,14H,3-5,8-9,12-13H2,1-2H3. The molecule has 2 aliphatic rings. The summed E-state index contributed by atoms with van der Waals surface area (Å²) in [4.78, 5) is 26.9. The summed E-state index contributed by atoms with van der Waals surface area (Å²) in [5.74, 6) is 0.715. The van der Waals surface area contributed by atoms with E-state index in [4.69, 9.17) is 0 Å². The second-order valence-corrected chi connectivity index (χ2v) is 7.01. The van der Waals surface area contributed by atoms with Crippen LogP contribution in [0.25, 0.3) is 0 Å². The van der Waals surface area contributed by atoms with Gasteiger partial charge in [-0.05, 0) is 37.8 Å². The van der Waals surface area contributed by atoms with E-state index in [-0.39, 0.29) is 11.8 Å². The predicted octanol–water partition coefficient (Wildman–Crippen LogP) is 3.85. The molecule has 1 aromatic rings. The van der Waals surface area contributed by atoms with Crippen LogP contribution in [-0.2, 0) is 15.0 Å². The maximum Gasteiger partial charge on any atom is 0.237 e. The third-order valence-corrected chi connectivity index (χ3v) is 5.57. The van der Waals surface area contributed by atoms with Gasteiger partial charge >= 0.3 is 0 Å². The number of benzene rings is 1. The summed E-state index contributed by atoms with van der Waals surface area (Å²) in [5.41, 5.74) is 1.51. The molecule has 1 fully saturated rings. The van der Waals surface area contributed by atoms with Crippen molar-refractivity contribution in [2.24, 2.45) is 5.92 Å². The number of rotatable bonds is 4. The Kier molecular flexibility index (Phi) is 4.07. The fourth-order valence-electron chi connectivity index (χ4n) is 4.07. The molecule has 0 radical (unpaired) electrons. The lowest BCUT2D eigenvalue weighted by molar-refractivity contribution is -0.125. The Morgan fingerprint density at radius 1 is 1.23 bits per heavy atom. The number of anilines is 1. The van der Waals surface area contributed by atoms with Crippen molar-refractivity contribution in [2.75, 3.05) is 11.9 Å². The van der Waals surface area contributed by atoms with Crippen LogP contribution in [0.1, 0.15) is 57.4 Å². The number of para-hydroxylation sites is 1. The highest BCUT2D eigenvalue weighted by atomic mass is 16.2. The van der Waals surface area contributed by atoms with Crippen LogP contribution in [0.5, 0.6) is 0 Å². The normalized spacial score (nSPS) is 25.4. The van der Waals surface area contributed by atoms with E-state index in [0.29, 0.717) is 18.6 Å². The van der Waals surface area contributed by atoms with Crippen LogP contribution < -0.4 is 4.90 Å². The molecule has 1 aromatic carbocycles. The minimum Gasteiger partial charge on any atom is -0.314 e. The molecular weight excluding hydrogens is 274 g/mol. The van der Waals surface area contributed by atoms with Crippen LogP contribution in [0.2, 0.25) is 0 Å². The summed E-state index contributed by atoms with van der Waals surface area (Å²) in [6, 6.07) is 7.96. The van der Waals surface area contributed by atoms with E-state index in [1.54, 1.807) is 4.90 Å². The number of amides is 1. The lowest BCUT2D eigenvalue weighted by atomic mass is 9.77. The summed E-state index contributed by atoms with van der Waals surface area (Å²) in [7, 11) is 1.83. The Morgan fingerprint density at radius 2 is 1.91 bits per heavy atom. The molecule has 22 heavy (non-hydrogen) atoms. The van der Waals surface area contributed by atoms with Gasteiger partial charge in [-0.2, -0.15) is 0 Å². The number of carbonyl (C=O) groups is 2. The second-order valence-electron chi connectivity index (χ2n) is 7.01. The third kappa shape index (κ3) is 2.47. The molecule has 1 unspecified atom stereocenters. The molecule has 3 nitrogen and oxygen atoms in total. The van der Waals surface area contributed by atoms with Gasteiger partial charge in [-0.1, -0.05) is 37.5 Å². The van der Waals surface area contributed by atoms with E-state index in [1.807, 2.05) is 38.2 Å². The van der Waals surface area contributed by atoms with Gasteiger partial charge in [0.1, 0.15) is 5.78 Å². The van der Waals surface area contributed by atoms with Crippen molar-refractivity contribution >= 4 is 17.4 Å². The Morgan fingerprint density at radius 3 is 2.64 bits per heavy atom. The van der Waals surface area contributed by atoms with Gasteiger partial charge in [-0.25, -0.2) is 0 Å². The molecule has 0 aromatic heterocycles. The number of ketones is 1. The molecule has 1 heterocycles. The van der Waals surface area contributed by atoms with Gasteiger partial charge < -0.3 is 4.90 Å². The molecule has 0 bridgehead atoms.